The van der Waals surface area contributed by atoms with Gasteiger partial charge in [-0.1, -0.05) is 48.0 Å². The maximum absolute atomic E-state index is 12.1. The number of benzene rings is 2. The van der Waals surface area contributed by atoms with Crippen molar-refractivity contribution >= 4 is 29.7 Å². The summed E-state index contributed by atoms with van der Waals surface area (Å²) in [5, 5.41) is 15.4. The molecule has 2 N–H and O–H groups in total. The molecule has 1 amide bonds. The van der Waals surface area contributed by atoms with E-state index in [1.54, 1.807) is 12.1 Å². The van der Waals surface area contributed by atoms with Crippen molar-refractivity contribution in [3.05, 3.63) is 70.2 Å². The molecule has 1 heterocycles. The number of carbonyl (C=O) groups is 2. The molecule has 8 heteroatoms. The molecule has 0 aliphatic carbocycles. The molecule has 29 heavy (non-hydrogen) atoms. The summed E-state index contributed by atoms with van der Waals surface area (Å²) in [6.45, 7) is 4.91. The second kappa shape index (κ2) is 10.2. The van der Waals surface area contributed by atoms with Crippen LogP contribution in [0.1, 0.15) is 21.5 Å². The molecular formula is C21H23ClN4O3. The minimum absolute atomic E-state index is 0.102. The van der Waals surface area contributed by atoms with Gasteiger partial charge >= 0.3 is 0 Å². The third-order valence-electron chi connectivity index (χ3n) is 4.84. The third-order valence-corrected chi connectivity index (χ3v) is 5.09. The smallest absolute Gasteiger partial charge is 0.295 e. The SMILES string of the molecule is O=C(C[NH+]1CCN(Cc2ccc(Cl)cc2)CC1)N/N=C/c1ccc(C(=O)[O-])cc1. The van der Waals surface area contributed by atoms with Gasteiger partial charge in [0.25, 0.3) is 5.91 Å². The number of carbonyl (C=O) groups excluding carboxylic acids is 2. The van der Waals surface area contributed by atoms with Crippen molar-refractivity contribution in [3.8, 4) is 0 Å². The number of nitrogens with one attached hydrogen (secondary N) is 2. The van der Waals surface area contributed by atoms with E-state index in [0.717, 1.165) is 37.7 Å². The summed E-state index contributed by atoms with van der Waals surface area (Å²) >= 11 is 5.92. The Kier molecular flexibility index (Phi) is 7.35. The number of hydrogen-bond acceptors (Lipinski definition) is 5. The van der Waals surface area contributed by atoms with Gasteiger partial charge in [0.15, 0.2) is 6.54 Å². The fraction of sp³-hybridized carbons (Fsp3) is 0.286. The first-order valence-corrected chi connectivity index (χ1v) is 9.81. The lowest BCUT2D eigenvalue weighted by Gasteiger charge is -2.31. The average Bonchev–Trinajstić information content (AvgIpc) is 2.71. The van der Waals surface area contributed by atoms with Crippen LogP contribution < -0.4 is 15.4 Å². The number of carboxylic acid groups (broad SMARTS) is 1. The molecule has 1 aliphatic heterocycles. The summed E-state index contributed by atoms with van der Waals surface area (Å²) in [7, 11) is 0. The van der Waals surface area contributed by atoms with Gasteiger partial charge in [0.05, 0.1) is 25.3 Å². The highest BCUT2D eigenvalue weighted by molar-refractivity contribution is 6.30. The van der Waals surface area contributed by atoms with Gasteiger partial charge in [0.1, 0.15) is 0 Å². The van der Waals surface area contributed by atoms with Crippen LogP contribution in [0.4, 0.5) is 0 Å². The van der Waals surface area contributed by atoms with E-state index in [2.05, 4.69) is 15.4 Å². The molecule has 2 aromatic carbocycles. The number of amides is 1. The Morgan fingerprint density at radius 3 is 2.38 bits per heavy atom. The first-order valence-electron chi connectivity index (χ1n) is 9.43. The van der Waals surface area contributed by atoms with Crippen LogP contribution in [-0.4, -0.2) is 55.7 Å². The van der Waals surface area contributed by atoms with Crippen molar-refractivity contribution < 1.29 is 19.6 Å². The summed E-state index contributed by atoms with van der Waals surface area (Å²) in [6.07, 6.45) is 1.48. The number of halogens is 1. The summed E-state index contributed by atoms with van der Waals surface area (Å²) < 4.78 is 0. The molecule has 1 saturated heterocycles. The number of carboxylic acids is 1. The number of hydrazone groups is 1. The minimum atomic E-state index is -1.22. The maximum atomic E-state index is 12.1. The summed E-state index contributed by atoms with van der Waals surface area (Å²) in [6, 6.07) is 14.0. The molecule has 2 aromatic rings. The minimum Gasteiger partial charge on any atom is -0.545 e. The summed E-state index contributed by atoms with van der Waals surface area (Å²) in [4.78, 5) is 26.4. The van der Waals surface area contributed by atoms with Crippen LogP contribution in [0.2, 0.25) is 5.02 Å². The zero-order valence-electron chi connectivity index (χ0n) is 15.9. The second-order valence-electron chi connectivity index (χ2n) is 7.03. The van der Waals surface area contributed by atoms with Crippen molar-refractivity contribution in [1.82, 2.24) is 10.3 Å². The molecule has 3 rings (SSSR count). The highest BCUT2D eigenvalue weighted by atomic mass is 35.5. The molecule has 0 spiro atoms. The van der Waals surface area contributed by atoms with Crippen LogP contribution in [-0.2, 0) is 11.3 Å². The molecule has 0 radical (unpaired) electrons. The Labute approximate surface area is 174 Å². The van der Waals surface area contributed by atoms with Crippen molar-refractivity contribution in [3.63, 3.8) is 0 Å². The van der Waals surface area contributed by atoms with Crippen LogP contribution >= 0.6 is 11.6 Å². The maximum Gasteiger partial charge on any atom is 0.295 e. The predicted molar refractivity (Wildman–Crippen MR) is 109 cm³/mol. The lowest BCUT2D eigenvalue weighted by Crippen LogP contribution is -3.15. The van der Waals surface area contributed by atoms with E-state index >= 15 is 0 Å². The first kappa shape index (κ1) is 21.0. The number of aromatic carboxylic acids is 1. The molecule has 7 nitrogen and oxygen atoms in total. The molecule has 1 aliphatic rings. The van der Waals surface area contributed by atoms with E-state index in [4.69, 9.17) is 11.6 Å². The van der Waals surface area contributed by atoms with Crippen LogP contribution in [0, 0.1) is 0 Å². The average molecular weight is 415 g/mol. The highest BCUT2D eigenvalue weighted by Crippen LogP contribution is 2.11. The van der Waals surface area contributed by atoms with Crippen LogP contribution in [0.3, 0.4) is 0 Å². The monoisotopic (exact) mass is 414 g/mol. The van der Waals surface area contributed by atoms with Gasteiger partial charge in [-0.15, -0.1) is 0 Å². The first-order chi connectivity index (χ1) is 14.0. The van der Waals surface area contributed by atoms with Gasteiger partial charge in [-0.25, -0.2) is 5.43 Å². The van der Waals surface area contributed by atoms with Gasteiger partial charge in [-0.05, 0) is 28.8 Å². The predicted octanol–water partition coefficient (Wildman–Crippen LogP) is -0.446. The zero-order chi connectivity index (χ0) is 20.6. The molecule has 0 unspecified atom stereocenters. The van der Waals surface area contributed by atoms with Gasteiger partial charge in [-0.3, -0.25) is 9.69 Å². The van der Waals surface area contributed by atoms with Crippen molar-refractivity contribution in [2.45, 2.75) is 6.54 Å². The van der Waals surface area contributed by atoms with Gasteiger partial charge in [0.2, 0.25) is 0 Å². The number of nitrogens with zero attached hydrogens (tertiary/aromatic N) is 2. The molecule has 152 valence electrons. The Morgan fingerprint density at radius 1 is 1.10 bits per heavy atom. The number of rotatable bonds is 7. The lowest BCUT2D eigenvalue weighted by atomic mass is 10.1. The Bertz CT molecular complexity index is 860. The number of piperazine rings is 1. The van der Waals surface area contributed by atoms with E-state index in [0.29, 0.717) is 12.1 Å². The normalized spacial score (nSPS) is 15.5. The number of hydrogen-bond donors (Lipinski definition) is 2. The quantitative estimate of drug-likeness (QED) is 0.474. The van der Waals surface area contributed by atoms with E-state index < -0.39 is 5.97 Å². The van der Waals surface area contributed by atoms with E-state index in [9.17, 15) is 14.7 Å². The number of quaternary nitrogens is 1. The molecular weight excluding hydrogens is 392 g/mol. The molecule has 0 saturated carbocycles. The molecule has 0 bridgehead atoms. The van der Waals surface area contributed by atoms with Crippen LogP contribution in [0.5, 0.6) is 0 Å². The van der Waals surface area contributed by atoms with Gasteiger partial charge in [0, 0.05) is 24.7 Å². The Hall–Kier alpha value is -2.74. The fourth-order valence-electron chi connectivity index (χ4n) is 3.20. The Balaban J connectivity index is 1.38. The molecule has 1 fully saturated rings. The van der Waals surface area contributed by atoms with Gasteiger partial charge < -0.3 is 14.8 Å². The standard InChI is InChI=1S/C21H23ClN4O3/c22-19-7-3-17(4-8-19)14-25-9-11-26(12-10-25)15-20(27)24-23-13-16-1-5-18(6-2-16)21(28)29/h1-8,13H,9-12,14-15H2,(H,24,27)(H,28,29)/b23-13+. The van der Waals surface area contributed by atoms with E-state index in [1.807, 2.05) is 24.3 Å². The molecule has 0 aromatic heterocycles. The summed E-state index contributed by atoms with van der Waals surface area (Å²) in [5.74, 6) is -1.37. The lowest BCUT2D eigenvalue weighted by molar-refractivity contribution is -0.896. The van der Waals surface area contributed by atoms with E-state index in [1.165, 1.54) is 28.8 Å². The largest absolute Gasteiger partial charge is 0.545 e. The van der Waals surface area contributed by atoms with Crippen molar-refractivity contribution in [1.29, 1.82) is 0 Å². The molecule has 0 atom stereocenters. The van der Waals surface area contributed by atoms with Crippen molar-refractivity contribution in [2.24, 2.45) is 5.10 Å². The topological polar surface area (TPSA) is 89.3 Å². The van der Waals surface area contributed by atoms with Crippen molar-refractivity contribution in [2.75, 3.05) is 32.7 Å². The highest BCUT2D eigenvalue weighted by Gasteiger charge is 2.22. The fourth-order valence-corrected chi connectivity index (χ4v) is 3.33. The van der Waals surface area contributed by atoms with Crippen LogP contribution in [0.25, 0.3) is 0 Å². The second-order valence-corrected chi connectivity index (χ2v) is 7.47. The van der Waals surface area contributed by atoms with Gasteiger partial charge in [-0.2, -0.15) is 5.10 Å². The van der Waals surface area contributed by atoms with E-state index in [-0.39, 0.29) is 11.5 Å². The third kappa shape index (κ3) is 6.67. The summed E-state index contributed by atoms with van der Waals surface area (Å²) in [5.41, 5.74) is 4.56. The van der Waals surface area contributed by atoms with Crippen LogP contribution in [0.15, 0.2) is 53.6 Å². The zero-order valence-corrected chi connectivity index (χ0v) is 16.7. The Morgan fingerprint density at radius 2 is 1.76 bits per heavy atom.